The summed E-state index contributed by atoms with van der Waals surface area (Å²) in [5, 5.41) is 0. The maximum atomic E-state index is 13.5. The Labute approximate surface area is 182 Å². The predicted molar refractivity (Wildman–Crippen MR) is 121 cm³/mol. The summed E-state index contributed by atoms with van der Waals surface area (Å²) in [4.78, 5) is 30.5. The van der Waals surface area contributed by atoms with Crippen LogP contribution < -0.4 is 0 Å². The van der Waals surface area contributed by atoms with Crippen LogP contribution in [0.2, 0.25) is 0 Å². The Bertz CT molecular complexity index is 1150. The van der Waals surface area contributed by atoms with Crippen LogP contribution in [0.15, 0.2) is 90.6 Å². The lowest BCUT2D eigenvalue weighted by Crippen LogP contribution is -2.38. The Kier molecular flexibility index (Phi) is 5.13. The van der Waals surface area contributed by atoms with Gasteiger partial charge in [0.1, 0.15) is 5.70 Å². The number of rotatable bonds is 5. The molecule has 0 atom stereocenters. The van der Waals surface area contributed by atoms with E-state index in [-0.39, 0.29) is 11.8 Å². The minimum atomic E-state index is -0.194. The number of hydrogen-bond donors (Lipinski definition) is 0. The number of fused-ring (bicyclic) bond motifs is 1. The van der Waals surface area contributed by atoms with E-state index in [1.807, 2.05) is 66.7 Å². The van der Waals surface area contributed by atoms with E-state index in [2.05, 4.69) is 23.1 Å². The van der Waals surface area contributed by atoms with Gasteiger partial charge in [-0.25, -0.2) is 0 Å². The van der Waals surface area contributed by atoms with Gasteiger partial charge in [-0.05, 0) is 35.1 Å². The smallest absolute Gasteiger partial charge is 0.277 e. The lowest BCUT2D eigenvalue weighted by atomic mass is 9.98. The molecule has 3 aromatic carbocycles. The predicted octanol–water partition coefficient (Wildman–Crippen LogP) is 4.07. The fraction of sp³-hybridized carbons (Fsp3) is 0.185. The summed E-state index contributed by atoms with van der Waals surface area (Å²) < 4.78 is 0. The van der Waals surface area contributed by atoms with Crippen molar-refractivity contribution in [2.45, 2.75) is 19.4 Å². The average molecular weight is 409 g/mol. The summed E-state index contributed by atoms with van der Waals surface area (Å²) >= 11 is 0. The van der Waals surface area contributed by atoms with Gasteiger partial charge >= 0.3 is 0 Å². The van der Waals surface area contributed by atoms with E-state index in [1.165, 1.54) is 16.0 Å². The van der Waals surface area contributed by atoms with E-state index in [0.29, 0.717) is 30.8 Å². The van der Waals surface area contributed by atoms with Crippen LogP contribution in [-0.4, -0.2) is 34.7 Å². The maximum Gasteiger partial charge on any atom is 0.277 e. The van der Waals surface area contributed by atoms with Crippen molar-refractivity contribution in [3.8, 4) is 0 Å². The Morgan fingerprint density at radius 3 is 2.10 bits per heavy atom. The van der Waals surface area contributed by atoms with Crippen LogP contribution in [-0.2, 0) is 29.0 Å². The monoisotopic (exact) mass is 408 g/mol. The molecule has 0 saturated heterocycles. The molecule has 2 aliphatic heterocycles. The number of amides is 2. The molecule has 0 radical (unpaired) electrons. The molecule has 31 heavy (non-hydrogen) atoms. The van der Waals surface area contributed by atoms with Crippen molar-refractivity contribution in [1.82, 2.24) is 9.80 Å². The molecule has 2 aliphatic rings. The zero-order valence-corrected chi connectivity index (χ0v) is 17.3. The van der Waals surface area contributed by atoms with Gasteiger partial charge in [-0.3, -0.25) is 14.5 Å². The van der Waals surface area contributed by atoms with Gasteiger partial charge in [0.2, 0.25) is 0 Å². The molecule has 2 amide bonds. The molecule has 0 fully saturated rings. The minimum absolute atomic E-state index is 0.181. The van der Waals surface area contributed by atoms with Gasteiger partial charge in [0.25, 0.3) is 11.8 Å². The molecule has 0 aliphatic carbocycles. The summed E-state index contributed by atoms with van der Waals surface area (Å²) in [7, 11) is 0. The van der Waals surface area contributed by atoms with Crippen molar-refractivity contribution < 1.29 is 9.59 Å². The molecule has 154 valence electrons. The van der Waals surface area contributed by atoms with Gasteiger partial charge in [0.05, 0.1) is 5.57 Å². The van der Waals surface area contributed by atoms with Gasteiger partial charge in [-0.2, -0.15) is 0 Å². The van der Waals surface area contributed by atoms with Crippen LogP contribution in [0.4, 0.5) is 0 Å². The van der Waals surface area contributed by atoms with Crippen molar-refractivity contribution in [3.63, 3.8) is 0 Å². The molecule has 0 aromatic heterocycles. The molecule has 0 N–H and O–H groups in total. The number of nitrogens with zero attached hydrogens (tertiary/aromatic N) is 2. The molecular weight excluding hydrogens is 384 g/mol. The van der Waals surface area contributed by atoms with E-state index < -0.39 is 0 Å². The zero-order chi connectivity index (χ0) is 21.2. The Morgan fingerprint density at radius 2 is 1.35 bits per heavy atom. The molecule has 0 saturated carbocycles. The largest absolute Gasteiger partial charge is 0.362 e. The molecule has 4 nitrogen and oxygen atoms in total. The second kappa shape index (κ2) is 8.23. The minimum Gasteiger partial charge on any atom is -0.362 e. The van der Waals surface area contributed by atoms with Crippen LogP contribution in [0.5, 0.6) is 0 Å². The first-order valence-electron chi connectivity index (χ1n) is 10.7. The van der Waals surface area contributed by atoms with Crippen molar-refractivity contribution >= 4 is 17.4 Å². The summed E-state index contributed by atoms with van der Waals surface area (Å²) in [6, 6.07) is 27.9. The van der Waals surface area contributed by atoms with Crippen LogP contribution in [0.3, 0.4) is 0 Å². The van der Waals surface area contributed by atoms with Gasteiger partial charge in [0.15, 0.2) is 0 Å². The summed E-state index contributed by atoms with van der Waals surface area (Å²) in [6.45, 7) is 1.76. The highest BCUT2D eigenvalue weighted by molar-refractivity contribution is 6.35. The van der Waals surface area contributed by atoms with Gasteiger partial charge in [-0.1, -0.05) is 84.9 Å². The lowest BCUT2D eigenvalue weighted by Gasteiger charge is -2.31. The molecule has 0 bridgehead atoms. The SMILES string of the molecule is O=C1C(c2ccccc2)=C(N2CCc3ccccc3C2)C(=O)N1CCc1ccccc1. The number of benzene rings is 3. The molecular formula is C27H24N2O2. The van der Waals surface area contributed by atoms with E-state index in [9.17, 15) is 9.59 Å². The fourth-order valence-corrected chi connectivity index (χ4v) is 4.50. The number of imide groups is 1. The van der Waals surface area contributed by atoms with Gasteiger partial charge in [0, 0.05) is 19.6 Å². The van der Waals surface area contributed by atoms with Gasteiger partial charge in [-0.15, -0.1) is 0 Å². The molecule has 2 heterocycles. The number of carbonyl (C=O) groups excluding carboxylic acids is 2. The summed E-state index contributed by atoms with van der Waals surface area (Å²) in [5.74, 6) is -0.375. The van der Waals surface area contributed by atoms with Crippen LogP contribution >= 0.6 is 0 Å². The van der Waals surface area contributed by atoms with Gasteiger partial charge < -0.3 is 4.90 Å². The Morgan fingerprint density at radius 1 is 0.710 bits per heavy atom. The summed E-state index contributed by atoms with van der Waals surface area (Å²) in [6.07, 6.45) is 1.52. The Balaban J connectivity index is 1.49. The second-order valence-electron chi connectivity index (χ2n) is 8.03. The highest BCUT2D eigenvalue weighted by Crippen LogP contribution is 2.34. The third-order valence-corrected chi connectivity index (χ3v) is 6.12. The average Bonchev–Trinajstić information content (AvgIpc) is 3.08. The first-order valence-corrected chi connectivity index (χ1v) is 10.7. The quantitative estimate of drug-likeness (QED) is 0.598. The topological polar surface area (TPSA) is 40.6 Å². The van der Waals surface area contributed by atoms with Crippen molar-refractivity contribution in [1.29, 1.82) is 0 Å². The number of hydrogen-bond acceptors (Lipinski definition) is 3. The second-order valence-corrected chi connectivity index (χ2v) is 8.03. The third-order valence-electron chi connectivity index (χ3n) is 6.12. The van der Waals surface area contributed by atoms with E-state index in [1.54, 1.807) is 0 Å². The fourth-order valence-electron chi connectivity index (χ4n) is 4.50. The van der Waals surface area contributed by atoms with Crippen molar-refractivity contribution in [2.24, 2.45) is 0 Å². The van der Waals surface area contributed by atoms with E-state index in [0.717, 1.165) is 24.1 Å². The highest BCUT2D eigenvalue weighted by Gasteiger charge is 2.41. The molecule has 5 rings (SSSR count). The lowest BCUT2D eigenvalue weighted by molar-refractivity contribution is -0.137. The molecule has 0 spiro atoms. The standard InChI is InChI=1S/C27H24N2O2/c30-26-24(22-12-5-2-6-13-22)25(28-17-16-21-11-7-8-14-23(21)19-28)27(31)29(26)18-15-20-9-3-1-4-10-20/h1-14H,15-19H2. The van der Waals surface area contributed by atoms with E-state index in [4.69, 9.17) is 0 Å². The molecule has 0 unspecified atom stereocenters. The van der Waals surface area contributed by atoms with Crippen LogP contribution in [0, 0.1) is 0 Å². The molecule has 3 aromatic rings. The van der Waals surface area contributed by atoms with E-state index >= 15 is 0 Å². The summed E-state index contributed by atoms with van der Waals surface area (Å²) in [5.41, 5.74) is 5.52. The molecule has 4 heteroatoms. The van der Waals surface area contributed by atoms with Crippen LogP contribution in [0.1, 0.15) is 22.3 Å². The first-order chi connectivity index (χ1) is 15.2. The normalized spacial score (nSPS) is 16.1. The maximum absolute atomic E-state index is 13.5. The number of carbonyl (C=O) groups is 2. The third kappa shape index (κ3) is 3.66. The van der Waals surface area contributed by atoms with Crippen molar-refractivity contribution in [3.05, 3.63) is 113 Å². The highest BCUT2D eigenvalue weighted by atomic mass is 16.2. The Hall–Kier alpha value is -3.66. The zero-order valence-electron chi connectivity index (χ0n) is 17.3. The van der Waals surface area contributed by atoms with Crippen molar-refractivity contribution in [2.75, 3.05) is 13.1 Å². The van der Waals surface area contributed by atoms with Crippen LogP contribution in [0.25, 0.3) is 5.57 Å². The first kappa shape index (κ1) is 19.3.